The molecule has 0 atom stereocenters. The molecule has 3 nitrogen and oxygen atoms in total. The van der Waals surface area contributed by atoms with Gasteiger partial charge in [-0.25, -0.2) is 0 Å². The zero-order chi connectivity index (χ0) is 9.47. The molecule has 0 aliphatic heterocycles. The van der Waals surface area contributed by atoms with E-state index < -0.39 is 11.4 Å². The minimum Gasteiger partial charge on any atom is -0.508 e. The van der Waals surface area contributed by atoms with Crippen LogP contribution in [0.2, 0.25) is 0 Å². The maximum absolute atomic E-state index is 10.9. The Hall–Kier alpha value is -1.51. The van der Waals surface area contributed by atoms with Crippen molar-refractivity contribution < 1.29 is 15.0 Å². The van der Waals surface area contributed by atoms with Crippen LogP contribution in [0.1, 0.15) is 18.4 Å². The number of carboxylic acids is 1. The van der Waals surface area contributed by atoms with Crippen molar-refractivity contribution in [2.45, 2.75) is 18.3 Å². The van der Waals surface area contributed by atoms with E-state index in [1.807, 2.05) is 0 Å². The zero-order valence-electron chi connectivity index (χ0n) is 7.03. The van der Waals surface area contributed by atoms with Crippen LogP contribution >= 0.6 is 0 Å². The summed E-state index contributed by atoms with van der Waals surface area (Å²) < 4.78 is 0. The van der Waals surface area contributed by atoms with Gasteiger partial charge in [0.2, 0.25) is 0 Å². The quantitative estimate of drug-likeness (QED) is 0.721. The summed E-state index contributed by atoms with van der Waals surface area (Å²) in [6, 6.07) is 6.50. The molecule has 0 heterocycles. The summed E-state index contributed by atoms with van der Waals surface area (Å²) in [5.74, 6) is -0.664. The Morgan fingerprint density at radius 1 is 1.38 bits per heavy atom. The molecule has 0 radical (unpaired) electrons. The maximum atomic E-state index is 10.9. The lowest BCUT2D eigenvalue weighted by Gasteiger charge is -2.09. The van der Waals surface area contributed by atoms with Crippen molar-refractivity contribution in [2.24, 2.45) is 0 Å². The lowest BCUT2D eigenvalue weighted by Crippen LogP contribution is -2.19. The molecule has 0 saturated heterocycles. The molecular weight excluding hydrogens is 168 g/mol. The number of rotatable bonds is 2. The summed E-state index contributed by atoms with van der Waals surface area (Å²) in [5, 5.41) is 18.2. The van der Waals surface area contributed by atoms with E-state index in [2.05, 4.69) is 0 Å². The molecule has 68 valence electrons. The summed E-state index contributed by atoms with van der Waals surface area (Å²) >= 11 is 0. The van der Waals surface area contributed by atoms with E-state index in [1.165, 1.54) is 6.07 Å². The monoisotopic (exact) mass is 178 g/mol. The van der Waals surface area contributed by atoms with Gasteiger partial charge in [0.05, 0.1) is 5.41 Å². The van der Waals surface area contributed by atoms with Crippen LogP contribution in [0.4, 0.5) is 0 Å². The Balaban J connectivity index is 2.41. The number of benzene rings is 1. The molecule has 1 aliphatic carbocycles. The maximum Gasteiger partial charge on any atom is 0.314 e. The summed E-state index contributed by atoms with van der Waals surface area (Å²) in [4.78, 5) is 10.9. The molecule has 0 spiro atoms. The summed E-state index contributed by atoms with van der Waals surface area (Å²) in [6.07, 6.45) is 1.34. The molecular formula is C10H10O3. The van der Waals surface area contributed by atoms with Crippen molar-refractivity contribution in [1.29, 1.82) is 0 Å². The average Bonchev–Trinajstić information content (AvgIpc) is 2.83. The second kappa shape index (κ2) is 2.49. The average molecular weight is 178 g/mol. The Kier molecular flexibility index (Phi) is 1.55. The molecule has 2 rings (SSSR count). The van der Waals surface area contributed by atoms with E-state index in [9.17, 15) is 9.90 Å². The standard InChI is InChI=1S/C10H10O3/c11-8-3-1-2-7(6-8)10(4-5-10)9(12)13/h1-3,6,11H,4-5H2,(H,12,13). The van der Waals surface area contributed by atoms with E-state index in [4.69, 9.17) is 5.11 Å². The van der Waals surface area contributed by atoms with Crippen LogP contribution in [0.5, 0.6) is 5.75 Å². The third kappa shape index (κ3) is 1.16. The van der Waals surface area contributed by atoms with Gasteiger partial charge in [-0.15, -0.1) is 0 Å². The van der Waals surface area contributed by atoms with Crippen LogP contribution in [-0.4, -0.2) is 16.2 Å². The summed E-state index contributed by atoms with van der Waals surface area (Å²) in [6.45, 7) is 0. The smallest absolute Gasteiger partial charge is 0.314 e. The fourth-order valence-electron chi connectivity index (χ4n) is 1.55. The van der Waals surface area contributed by atoms with Gasteiger partial charge in [-0.3, -0.25) is 4.79 Å². The van der Waals surface area contributed by atoms with Crippen molar-refractivity contribution in [3.8, 4) is 5.75 Å². The van der Waals surface area contributed by atoms with Crippen LogP contribution in [0.15, 0.2) is 24.3 Å². The number of hydrogen-bond donors (Lipinski definition) is 2. The number of carboxylic acid groups (broad SMARTS) is 1. The molecule has 13 heavy (non-hydrogen) atoms. The minimum atomic E-state index is -0.793. The number of phenols is 1. The van der Waals surface area contributed by atoms with Crippen LogP contribution < -0.4 is 0 Å². The predicted molar refractivity (Wildman–Crippen MR) is 46.7 cm³/mol. The largest absolute Gasteiger partial charge is 0.508 e. The summed E-state index contributed by atoms with van der Waals surface area (Å²) in [5.41, 5.74) is -0.00125. The fraction of sp³-hybridized carbons (Fsp3) is 0.300. The number of carbonyl (C=O) groups is 1. The molecule has 2 N–H and O–H groups in total. The van der Waals surface area contributed by atoms with Gasteiger partial charge in [0, 0.05) is 0 Å². The Bertz CT molecular complexity index is 353. The third-order valence-corrected chi connectivity index (χ3v) is 2.56. The molecule has 0 bridgehead atoms. The van der Waals surface area contributed by atoms with Crippen LogP contribution in [0, 0.1) is 0 Å². The van der Waals surface area contributed by atoms with E-state index >= 15 is 0 Å². The lowest BCUT2D eigenvalue weighted by molar-refractivity contribution is -0.140. The predicted octanol–water partition coefficient (Wildman–Crippen LogP) is 1.51. The van der Waals surface area contributed by atoms with Gasteiger partial charge in [0.1, 0.15) is 5.75 Å². The van der Waals surface area contributed by atoms with E-state index in [0.717, 1.165) is 0 Å². The van der Waals surface area contributed by atoms with Crippen molar-refractivity contribution in [2.75, 3.05) is 0 Å². The second-order valence-corrected chi connectivity index (χ2v) is 3.44. The number of aromatic hydroxyl groups is 1. The highest BCUT2D eigenvalue weighted by Crippen LogP contribution is 2.48. The van der Waals surface area contributed by atoms with Gasteiger partial charge >= 0.3 is 5.97 Å². The third-order valence-electron chi connectivity index (χ3n) is 2.56. The Labute approximate surface area is 75.6 Å². The van der Waals surface area contributed by atoms with E-state index in [0.29, 0.717) is 18.4 Å². The van der Waals surface area contributed by atoms with Crippen LogP contribution in [0.3, 0.4) is 0 Å². The SMILES string of the molecule is O=C(O)C1(c2cccc(O)c2)CC1. The van der Waals surface area contributed by atoms with Crippen LogP contribution in [0.25, 0.3) is 0 Å². The van der Waals surface area contributed by atoms with Gasteiger partial charge in [-0.1, -0.05) is 12.1 Å². The van der Waals surface area contributed by atoms with Crippen molar-refractivity contribution in [1.82, 2.24) is 0 Å². The molecule has 1 fully saturated rings. The highest BCUT2D eigenvalue weighted by Gasteiger charge is 2.51. The molecule has 0 unspecified atom stereocenters. The first kappa shape index (κ1) is 8.10. The minimum absolute atomic E-state index is 0.130. The Morgan fingerprint density at radius 2 is 2.08 bits per heavy atom. The number of phenolic OH excluding ortho intramolecular Hbond substituents is 1. The first-order chi connectivity index (χ1) is 6.15. The van der Waals surface area contributed by atoms with Gasteiger partial charge in [0.25, 0.3) is 0 Å². The van der Waals surface area contributed by atoms with Gasteiger partial charge in [-0.2, -0.15) is 0 Å². The topological polar surface area (TPSA) is 57.5 Å². The molecule has 0 aromatic heterocycles. The fourth-order valence-corrected chi connectivity index (χ4v) is 1.55. The normalized spacial score (nSPS) is 18.2. The van der Waals surface area contributed by atoms with Gasteiger partial charge in [0.15, 0.2) is 0 Å². The highest BCUT2D eigenvalue weighted by atomic mass is 16.4. The number of hydrogen-bond acceptors (Lipinski definition) is 2. The first-order valence-electron chi connectivity index (χ1n) is 4.18. The molecule has 1 aliphatic rings. The van der Waals surface area contributed by atoms with Crippen LogP contribution in [-0.2, 0) is 10.2 Å². The molecule has 1 aromatic rings. The first-order valence-corrected chi connectivity index (χ1v) is 4.18. The van der Waals surface area contributed by atoms with E-state index in [1.54, 1.807) is 18.2 Å². The molecule has 0 amide bonds. The second-order valence-electron chi connectivity index (χ2n) is 3.44. The van der Waals surface area contributed by atoms with E-state index in [-0.39, 0.29) is 5.75 Å². The van der Waals surface area contributed by atoms with Gasteiger partial charge < -0.3 is 10.2 Å². The lowest BCUT2D eigenvalue weighted by atomic mass is 9.96. The van der Waals surface area contributed by atoms with Crippen molar-refractivity contribution in [3.05, 3.63) is 29.8 Å². The number of aliphatic carboxylic acids is 1. The Morgan fingerprint density at radius 3 is 2.54 bits per heavy atom. The van der Waals surface area contributed by atoms with Gasteiger partial charge in [-0.05, 0) is 30.5 Å². The molecule has 1 aromatic carbocycles. The van der Waals surface area contributed by atoms with Crippen molar-refractivity contribution >= 4 is 5.97 Å². The molecule has 1 saturated carbocycles. The zero-order valence-corrected chi connectivity index (χ0v) is 7.03. The summed E-state index contributed by atoms with van der Waals surface area (Å²) in [7, 11) is 0. The molecule has 3 heteroatoms. The van der Waals surface area contributed by atoms with Crippen molar-refractivity contribution in [3.63, 3.8) is 0 Å². The highest BCUT2D eigenvalue weighted by molar-refractivity contribution is 5.85.